The standard InChI is InChI=1S/C12H20N2OS2/c1-3-14(10-11-6-4-9-17-11)12(16)13-7-5-8-15-2/h4,6,9H,3,5,7-8,10H2,1-2H3,(H,13,16). The molecule has 1 rings (SSSR count). The molecule has 0 aliphatic heterocycles. The van der Waals surface area contributed by atoms with Gasteiger partial charge >= 0.3 is 0 Å². The van der Waals surface area contributed by atoms with Crippen molar-refractivity contribution in [1.82, 2.24) is 10.2 Å². The lowest BCUT2D eigenvalue weighted by Gasteiger charge is -2.23. The molecule has 0 radical (unpaired) electrons. The Morgan fingerprint density at radius 2 is 2.41 bits per heavy atom. The van der Waals surface area contributed by atoms with Crippen molar-refractivity contribution in [3.8, 4) is 0 Å². The molecular formula is C12H20N2OS2. The van der Waals surface area contributed by atoms with E-state index in [4.69, 9.17) is 17.0 Å². The Hall–Kier alpha value is -0.650. The second kappa shape index (κ2) is 8.44. The molecule has 3 nitrogen and oxygen atoms in total. The van der Waals surface area contributed by atoms with E-state index in [0.717, 1.165) is 37.8 Å². The fraction of sp³-hybridized carbons (Fsp3) is 0.583. The van der Waals surface area contributed by atoms with Crippen LogP contribution in [0.3, 0.4) is 0 Å². The summed E-state index contributed by atoms with van der Waals surface area (Å²) in [7, 11) is 1.72. The average Bonchev–Trinajstić information content (AvgIpc) is 2.84. The van der Waals surface area contributed by atoms with Crippen molar-refractivity contribution in [2.75, 3.05) is 26.8 Å². The quantitative estimate of drug-likeness (QED) is 0.609. The minimum Gasteiger partial charge on any atom is -0.385 e. The van der Waals surface area contributed by atoms with Crippen LogP contribution in [-0.4, -0.2) is 36.8 Å². The Morgan fingerprint density at radius 1 is 1.59 bits per heavy atom. The van der Waals surface area contributed by atoms with Gasteiger partial charge in [-0.3, -0.25) is 0 Å². The summed E-state index contributed by atoms with van der Waals surface area (Å²) >= 11 is 7.14. The lowest BCUT2D eigenvalue weighted by Crippen LogP contribution is -2.39. The summed E-state index contributed by atoms with van der Waals surface area (Å²) in [5.74, 6) is 0. The fourth-order valence-electron chi connectivity index (χ4n) is 1.44. The number of thiocarbonyl (C=S) groups is 1. The van der Waals surface area contributed by atoms with Gasteiger partial charge < -0.3 is 15.0 Å². The van der Waals surface area contributed by atoms with Crippen molar-refractivity contribution in [1.29, 1.82) is 0 Å². The molecule has 0 amide bonds. The van der Waals surface area contributed by atoms with Gasteiger partial charge in [-0.15, -0.1) is 11.3 Å². The maximum atomic E-state index is 5.38. The van der Waals surface area contributed by atoms with Crippen LogP contribution in [0.2, 0.25) is 0 Å². The summed E-state index contributed by atoms with van der Waals surface area (Å²) in [6.45, 7) is 5.58. The zero-order chi connectivity index (χ0) is 12.5. The van der Waals surface area contributed by atoms with E-state index in [1.54, 1.807) is 18.4 Å². The van der Waals surface area contributed by atoms with Gasteiger partial charge in [-0.25, -0.2) is 0 Å². The highest BCUT2D eigenvalue weighted by atomic mass is 32.1. The number of nitrogens with one attached hydrogen (secondary N) is 1. The van der Waals surface area contributed by atoms with Gasteiger partial charge in [0, 0.05) is 31.7 Å². The van der Waals surface area contributed by atoms with Gasteiger partial charge in [-0.1, -0.05) is 6.07 Å². The number of rotatable bonds is 7. The van der Waals surface area contributed by atoms with Crippen molar-refractivity contribution in [2.45, 2.75) is 19.9 Å². The summed E-state index contributed by atoms with van der Waals surface area (Å²) < 4.78 is 5.00. The van der Waals surface area contributed by atoms with Crippen molar-refractivity contribution in [3.05, 3.63) is 22.4 Å². The van der Waals surface area contributed by atoms with Gasteiger partial charge in [0.2, 0.25) is 0 Å². The third kappa shape index (κ3) is 5.48. The molecule has 1 N–H and O–H groups in total. The summed E-state index contributed by atoms with van der Waals surface area (Å²) in [6, 6.07) is 4.21. The van der Waals surface area contributed by atoms with Crippen LogP contribution in [0.25, 0.3) is 0 Å². The molecule has 0 saturated carbocycles. The molecule has 0 aliphatic rings. The number of hydrogen-bond donors (Lipinski definition) is 1. The molecule has 0 saturated heterocycles. The van der Waals surface area contributed by atoms with Crippen molar-refractivity contribution >= 4 is 28.7 Å². The molecule has 96 valence electrons. The molecule has 0 fully saturated rings. The van der Waals surface area contributed by atoms with E-state index in [2.05, 4.69) is 34.7 Å². The zero-order valence-corrected chi connectivity index (χ0v) is 12.1. The van der Waals surface area contributed by atoms with Crippen LogP contribution in [-0.2, 0) is 11.3 Å². The second-order valence-electron chi connectivity index (χ2n) is 3.67. The first kappa shape index (κ1) is 14.4. The summed E-state index contributed by atoms with van der Waals surface area (Å²) in [5.41, 5.74) is 0. The smallest absolute Gasteiger partial charge is 0.169 e. The molecule has 0 atom stereocenters. The third-order valence-electron chi connectivity index (χ3n) is 2.40. The molecule has 0 aromatic carbocycles. The first-order valence-electron chi connectivity index (χ1n) is 5.82. The maximum absolute atomic E-state index is 5.38. The number of hydrogen-bond acceptors (Lipinski definition) is 3. The fourth-order valence-corrected chi connectivity index (χ4v) is 2.46. The van der Waals surface area contributed by atoms with E-state index in [9.17, 15) is 0 Å². The van der Waals surface area contributed by atoms with Crippen molar-refractivity contribution in [2.24, 2.45) is 0 Å². The molecule has 1 heterocycles. The highest BCUT2D eigenvalue weighted by Crippen LogP contribution is 2.11. The monoisotopic (exact) mass is 272 g/mol. The number of nitrogens with zero attached hydrogens (tertiary/aromatic N) is 1. The second-order valence-corrected chi connectivity index (χ2v) is 5.09. The Labute approximate surface area is 113 Å². The van der Waals surface area contributed by atoms with Crippen LogP contribution in [0.4, 0.5) is 0 Å². The molecule has 1 aromatic heterocycles. The summed E-state index contributed by atoms with van der Waals surface area (Å²) in [4.78, 5) is 3.52. The summed E-state index contributed by atoms with van der Waals surface area (Å²) in [6.07, 6.45) is 0.979. The highest BCUT2D eigenvalue weighted by molar-refractivity contribution is 7.80. The van der Waals surface area contributed by atoms with E-state index in [0.29, 0.717) is 0 Å². The molecule has 0 bridgehead atoms. The SMILES string of the molecule is CCN(Cc1cccs1)C(=S)NCCCOC. The van der Waals surface area contributed by atoms with E-state index in [1.807, 2.05) is 0 Å². The lowest BCUT2D eigenvalue weighted by atomic mass is 10.4. The van der Waals surface area contributed by atoms with E-state index < -0.39 is 0 Å². The molecule has 17 heavy (non-hydrogen) atoms. The van der Waals surface area contributed by atoms with Gasteiger partial charge in [0.15, 0.2) is 5.11 Å². The summed E-state index contributed by atoms with van der Waals surface area (Å²) in [5, 5.41) is 6.19. The third-order valence-corrected chi connectivity index (χ3v) is 3.66. The molecule has 0 spiro atoms. The lowest BCUT2D eigenvalue weighted by molar-refractivity contribution is 0.195. The van der Waals surface area contributed by atoms with Crippen LogP contribution in [0.1, 0.15) is 18.2 Å². The van der Waals surface area contributed by atoms with Crippen molar-refractivity contribution < 1.29 is 4.74 Å². The Bertz CT molecular complexity index is 314. The van der Waals surface area contributed by atoms with Crippen LogP contribution >= 0.6 is 23.6 Å². The van der Waals surface area contributed by atoms with E-state index >= 15 is 0 Å². The Balaban J connectivity index is 2.31. The normalized spacial score (nSPS) is 10.2. The number of thiophene rings is 1. The number of ether oxygens (including phenoxy) is 1. The first-order chi connectivity index (χ1) is 8.27. The van der Waals surface area contributed by atoms with Crippen LogP contribution < -0.4 is 5.32 Å². The average molecular weight is 272 g/mol. The highest BCUT2D eigenvalue weighted by Gasteiger charge is 2.07. The minimum absolute atomic E-state index is 0.770. The van der Waals surface area contributed by atoms with Gasteiger partial charge in [-0.2, -0.15) is 0 Å². The van der Waals surface area contributed by atoms with Gasteiger partial charge in [-0.05, 0) is 37.0 Å². The first-order valence-corrected chi connectivity index (χ1v) is 7.10. The van der Waals surface area contributed by atoms with Crippen LogP contribution in [0.5, 0.6) is 0 Å². The minimum atomic E-state index is 0.770. The largest absolute Gasteiger partial charge is 0.385 e. The maximum Gasteiger partial charge on any atom is 0.169 e. The molecule has 0 unspecified atom stereocenters. The predicted molar refractivity (Wildman–Crippen MR) is 77.5 cm³/mol. The Morgan fingerprint density at radius 3 is 3.00 bits per heavy atom. The predicted octanol–water partition coefficient (Wildman–Crippen LogP) is 2.48. The topological polar surface area (TPSA) is 24.5 Å². The Kier molecular flexibility index (Phi) is 7.16. The van der Waals surface area contributed by atoms with Gasteiger partial charge in [0.1, 0.15) is 0 Å². The molecule has 1 aromatic rings. The van der Waals surface area contributed by atoms with Crippen molar-refractivity contribution in [3.63, 3.8) is 0 Å². The zero-order valence-electron chi connectivity index (χ0n) is 10.4. The van der Waals surface area contributed by atoms with Gasteiger partial charge in [0.25, 0.3) is 0 Å². The van der Waals surface area contributed by atoms with Gasteiger partial charge in [0.05, 0.1) is 6.54 Å². The van der Waals surface area contributed by atoms with Crippen LogP contribution in [0, 0.1) is 0 Å². The van der Waals surface area contributed by atoms with E-state index in [-0.39, 0.29) is 0 Å². The van der Waals surface area contributed by atoms with E-state index in [1.165, 1.54) is 4.88 Å². The van der Waals surface area contributed by atoms with Crippen LogP contribution in [0.15, 0.2) is 17.5 Å². The number of methoxy groups -OCH3 is 1. The molecule has 0 aliphatic carbocycles. The molecular weight excluding hydrogens is 252 g/mol. The molecule has 5 heteroatoms.